The highest BCUT2D eigenvalue weighted by atomic mass is 16.5. The van der Waals surface area contributed by atoms with Crippen LogP contribution >= 0.6 is 0 Å². The fourth-order valence-corrected chi connectivity index (χ4v) is 4.48. The molecule has 0 spiro atoms. The summed E-state index contributed by atoms with van der Waals surface area (Å²) >= 11 is 0. The van der Waals surface area contributed by atoms with Gasteiger partial charge in [-0.3, -0.25) is 0 Å². The van der Waals surface area contributed by atoms with E-state index in [2.05, 4.69) is 6.07 Å². The number of allylic oxidation sites excluding steroid dienone is 1. The zero-order valence-corrected chi connectivity index (χ0v) is 20.7. The van der Waals surface area contributed by atoms with Gasteiger partial charge in [0.05, 0.1) is 30.2 Å². The van der Waals surface area contributed by atoms with Crippen molar-refractivity contribution in [3.63, 3.8) is 0 Å². The molecule has 1 aliphatic heterocycles. The monoisotopic (exact) mass is 499 g/mol. The third-order valence-corrected chi connectivity index (χ3v) is 6.39. The molecule has 0 aliphatic carbocycles. The molecule has 4 aromatic rings. The number of hydrogen-bond acceptors (Lipinski definition) is 6. The van der Waals surface area contributed by atoms with Crippen molar-refractivity contribution in [2.24, 2.45) is 5.73 Å². The van der Waals surface area contributed by atoms with Gasteiger partial charge in [-0.05, 0) is 53.1 Å². The molecule has 4 aromatic carbocycles. The van der Waals surface area contributed by atoms with Crippen molar-refractivity contribution < 1.29 is 14.3 Å². The molecule has 0 aromatic heterocycles. The molecule has 2 N–H and O–H groups in total. The van der Waals surface area contributed by atoms with E-state index in [4.69, 9.17) is 15.2 Å². The normalized spacial score (nSPS) is 14.9. The van der Waals surface area contributed by atoms with Crippen LogP contribution in [0.5, 0.6) is 11.5 Å². The van der Waals surface area contributed by atoms with Gasteiger partial charge in [-0.15, -0.1) is 0 Å². The second kappa shape index (κ2) is 10.8. The van der Waals surface area contributed by atoms with Gasteiger partial charge >= 0.3 is 5.97 Å². The minimum atomic E-state index is -0.658. The Morgan fingerprint density at radius 1 is 0.816 bits per heavy atom. The van der Waals surface area contributed by atoms with Gasteiger partial charge in [0, 0.05) is 11.9 Å². The maximum absolute atomic E-state index is 12.9. The molecule has 0 bridgehead atoms. The number of para-hydroxylation sites is 1. The standard InChI is InChI=1S/C32H25N3O3/c1-37-32(36)29-21-35(25-16-18-27(19-17-25)38-26-10-6-3-7-11-26)31(34)28(20-33)30(29)24-14-12-23(13-15-24)22-8-4-2-5-9-22/h2-19,21,30H,34H2,1H3. The van der Waals surface area contributed by atoms with Crippen LogP contribution in [0.25, 0.3) is 11.1 Å². The fraction of sp³-hybridized carbons (Fsp3) is 0.0625. The number of hydrogen-bond donors (Lipinski definition) is 1. The molecule has 1 atom stereocenters. The molecule has 0 radical (unpaired) electrons. The lowest BCUT2D eigenvalue weighted by Gasteiger charge is -2.32. The SMILES string of the molecule is COC(=O)C1=CN(c2ccc(Oc3ccccc3)cc2)C(N)=C(C#N)C1c1ccc(-c2ccccc2)cc1. The van der Waals surface area contributed by atoms with Gasteiger partial charge in [0.2, 0.25) is 0 Å². The zero-order valence-electron chi connectivity index (χ0n) is 20.7. The first-order chi connectivity index (χ1) is 18.6. The molecule has 1 unspecified atom stereocenters. The molecule has 0 amide bonds. The summed E-state index contributed by atoms with van der Waals surface area (Å²) in [5, 5.41) is 10.2. The predicted molar refractivity (Wildman–Crippen MR) is 147 cm³/mol. The minimum absolute atomic E-state index is 0.244. The molecule has 6 heteroatoms. The lowest BCUT2D eigenvalue weighted by atomic mass is 9.82. The number of benzene rings is 4. The third-order valence-electron chi connectivity index (χ3n) is 6.39. The van der Waals surface area contributed by atoms with Crippen molar-refractivity contribution in [3.8, 4) is 28.7 Å². The Labute approximate surface area is 221 Å². The summed E-state index contributed by atoms with van der Waals surface area (Å²) in [5.74, 6) is 0.423. The molecule has 0 saturated carbocycles. The van der Waals surface area contributed by atoms with Crippen LogP contribution in [0.3, 0.4) is 0 Å². The van der Waals surface area contributed by atoms with Gasteiger partial charge in [-0.25, -0.2) is 4.79 Å². The number of nitrogens with two attached hydrogens (primary N) is 1. The molecular weight excluding hydrogens is 474 g/mol. The van der Waals surface area contributed by atoms with Crippen molar-refractivity contribution in [2.45, 2.75) is 5.92 Å². The molecule has 6 nitrogen and oxygen atoms in total. The Morgan fingerprint density at radius 3 is 2.00 bits per heavy atom. The van der Waals surface area contributed by atoms with Crippen molar-refractivity contribution >= 4 is 11.7 Å². The zero-order chi connectivity index (χ0) is 26.5. The molecule has 0 saturated heterocycles. The van der Waals surface area contributed by atoms with Gasteiger partial charge < -0.3 is 20.1 Å². The quantitative estimate of drug-likeness (QED) is 0.305. The topological polar surface area (TPSA) is 88.6 Å². The van der Waals surface area contributed by atoms with Crippen LogP contribution in [-0.4, -0.2) is 13.1 Å². The maximum atomic E-state index is 12.9. The van der Waals surface area contributed by atoms with Crippen LogP contribution < -0.4 is 15.4 Å². The second-order valence-corrected chi connectivity index (χ2v) is 8.69. The summed E-state index contributed by atoms with van der Waals surface area (Å²) in [7, 11) is 1.33. The maximum Gasteiger partial charge on any atom is 0.336 e. The van der Waals surface area contributed by atoms with Crippen molar-refractivity contribution in [3.05, 3.63) is 138 Å². The molecule has 1 heterocycles. The number of anilines is 1. The Balaban J connectivity index is 1.49. The van der Waals surface area contributed by atoms with Crippen LogP contribution in [0.2, 0.25) is 0 Å². The number of esters is 1. The molecule has 5 rings (SSSR count). The third kappa shape index (κ3) is 4.86. The largest absolute Gasteiger partial charge is 0.466 e. The van der Waals surface area contributed by atoms with Crippen LogP contribution in [0.1, 0.15) is 11.5 Å². The lowest BCUT2D eigenvalue weighted by Crippen LogP contribution is -2.33. The summed E-state index contributed by atoms with van der Waals surface area (Å²) in [4.78, 5) is 14.6. The second-order valence-electron chi connectivity index (χ2n) is 8.69. The smallest absolute Gasteiger partial charge is 0.336 e. The average molecular weight is 500 g/mol. The first kappa shape index (κ1) is 24.4. The molecule has 186 valence electrons. The Morgan fingerprint density at radius 2 is 1.39 bits per heavy atom. The predicted octanol–water partition coefficient (Wildman–Crippen LogP) is 6.50. The summed E-state index contributed by atoms with van der Waals surface area (Å²) in [6, 6.07) is 36.7. The van der Waals surface area contributed by atoms with Gasteiger partial charge in [0.1, 0.15) is 17.3 Å². The van der Waals surface area contributed by atoms with Gasteiger partial charge in [0.15, 0.2) is 0 Å². The van der Waals surface area contributed by atoms with E-state index < -0.39 is 11.9 Å². The summed E-state index contributed by atoms with van der Waals surface area (Å²) in [6.07, 6.45) is 1.64. The average Bonchev–Trinajstić information content (AvgIpc) is 2.98. The first-order valence-corrected chi connectivity index (χ1v) is 12.1. The molecule has 38 heavy (non-hydrogen) atoms. The number of methoxy groups -OCH3 is 1. The number of nitriles is 1. The summed E-state index contributed by atoms with van der Waals surface area (Å²) < 4.78 is 11.0. The fourth-order valence-electron chi connectivity index (χ4n) is 4.48. The van der Waals surface area contributed by atoms with Gasteiger partial charge in [0.25, 0.3) is 0 Å². The lowest BCUT2D eigenvalue weighted by molar-refractivity contribution is -0.136. The highest BCUT2D eigenvalue weighted by molar-refractivity contribution is 5.93. The summed E-state index contributed by atoms with van der Waals surface area (Å²) in [6.45, 7) is 0. The Bertz CT molecular complexity index is 1540. The van der Waals surface area contributed by atoms with Crippen molar-refractivity contribution in [1.82, 2.24) is 0 Å². The number of carbonyl (C=O) groups excluding carboxylic acids is 1. The van der Waals surface area contributed by atoms with E-state index in [9.17, 15) is 10.1 Å². The van der Waals surface area contributed by atoms with E-state index in [0.29, 0.717) is 17.0 Å². The number of rotatable bonds is 6. The van der Waals surface area contributed by atoms with Gasteiger partial charge in [-0.1, -0.05) is 72.8 Å². The molecule has 0 fully saturated rings. The van der Waals surface area contributed by atoms with E-state index in [0.717, 1.165) is 22.4 Å². The van der Waals surface area contributed by atoms with E-state index in [-0.39, 0.29) is 11.4 Å². The van der Waals surface area contributed by atoms with Crippen LogP contribution in [0.15, 0.2) is 132 Å². The van der Waals surface area contributed by atoms with E-state index in [1.54, 1.807) is 11.1 Å². The Kier molecular flexibility index (Phi) is 6.92. The van der Waals surface area contributed by atoms with Crippen molar-refractivity contribution in [1.29, 1.82) is 5.26 Å². The van der Waals surface area contributed by atoms with E-state index in [1.807, 2.05) is 109 Å². The minimum Gasteiger partial charge on any atom is -0.466 e. The highest BCUT2D eigenvalue weighted by Gasteiger charge is 2.35. The first-order valence-electron chi connectivity index (χ1n) is 12.1. The van der Waals surface area contributed by atoms with Crippen molar-refractivity contribution in [2.75, 3.05) is 12.0 Å². The van der Waals surface area contributed by atoms with Crippen LogP contribution in [0, 0.1) is 11.3 Å². The van der Waals surface area contributed by atoms with Gasteiger partial charge in [-0.2, -0.15) is 5.26 Å². The number of ether oxygens (including phenoxy) is 2. The molecular formula is C32H25N3O3. The van der Waals surface area contributed by atoms with Crippen LogP contribution in [0.4, 0.5) is 5.69 Å². The van der Waals surface area contributed by atoms with Crippen LogP contribution in [-0.2, 0) is 9.53 Å². The Hall–Kier alpha value is -5.28. The molecule has 1 aliphatic rings. The number of nitrogens with zero attached hydrogens (tertiary/aromatic N) is 2. The summed E-state index contributed by atoms with van der Waals surface area (Å²) in [5.41, 5.74) is 10.7. The van der Waals surface area contributed by atoms with E-state index in [1.165, 1.54) is 7.11 Å². The highest BCUT2D eigenvalue weighted by Crippen LogP contribution is 2.40. The van der Waals surface area contributed by atoms with E-state index >= 15 is 0 Å². The number of carbonyl (C=O) groups is 1.